The molecule has 5 nitrogen and oxygen atoms in total. The molecule has 0 N–H and O–H groups in total. The van der Waals surface area contributed by atoms with Crippen molar-refractivity contribution in [3.8, 4) is 0 Å². The van der Waals surface area contributed by atoms with Crippen molar-refractivity contribution >= 4 is 17.6 Å². The summed E-state index contributed by atoms with van der Waals surface area (Å²) >= 11 is 1.05. The minimum absolute atomic E-state index is 0.0444. The van der Waals surface area contributed by atoms with Gasteiger partial charge < -0.3 is 9.64 Å². The molecule has 0 saturated carbocycles. The van der Waals surface area contributed by atoms with Crippen molar-refractivity contribution in [2.75, 3.05) is 26.3 Å². The monoisotopic (exact) mass is 199 g/mol. The molecule has 1 fully saturated rings. The van der Waals surface area contributed by atoms with Crippen LogP contribution in [0.1, 0.15) is 10.5 Å². The van der Waals surface area contributed by atoms with Crippen LogP contribution >= 0.6 is 11.7 Å². The number of ether oxygens (including phenoxy) is 1. The van der Waals surface area contributed by atoms with Gasteiger partial charge in [-0.15, -0.1) is 0 Å². The van der Waals surface area contributed by atoms with Crippen LogP contribution in [0.25, 0.3) is 0 Å². The Hall–Kier alpha value is -1.01. The molecule has 1 saturated heterocycles. The van der Waals surface area contributed by atoms with Gasteiger partial charge in [0.15, 0.2) is 5.69 Å². The number of aromatic nitrogens is 2. The van der Waals surface area contributed by atoms with Gasteiger partial charge in [-0.2, -0.15) is 8.75 Å². The van der Waals surface area contributed by atoms with Gasteiger partial charge in [-0.05, 0) is 0 Å². The number of nitrogens with zero attached hydrogens (tertiary/aromatic N) is 3. The number of rotatable bonds is 1. The van der Waals surface area contributed by atoms with E-state index in [4.69, 9.17) is 4.74 Å². The summed E-state index contributed by atoms with van der Waals surface area (Å²) in [5.74, 6) is -0.0444. The lowest BCUT2D eigenvalue weighted by atomic mass is 10.3. The van der Waals surface area contributed by atoms with Crippen LogP contribution in [0.4, 0.5) is 0 Å². The molecule has 70 valence electrons. The second-order valence-electron chi connectivity index (χ2n) is 2.70. The maximum Gasteiger partial charge on any atom is 0.275 e. The van der Waals surface area contributed by atoms with Gasteiger partial charge in [0, 0.05) is 13.1 Å². The van der Waals surface area contributed by atoms with Gasteiger partial charge in [0.05, 0.1) is 31.1 Å². The van der Waals surface area contributed by atoms with E-state index in [0.29, 0.717) is 32.0 Å². The third-order valence-corrected chi connectivity index (χ3v) is 2.36. The van der Waals surface area contributed by atoms with Gasteiger partial charge in [-0.3, -0.25) is 4.79 Å². The molecule has 1 aliphatic heterocycles. The highest BCUT2D eigenvalue weighted by molar-refractivity contribution is 6.99. The first-order valence-corrected chi connectivity index (χ1v) is 4.75. The summed E-state index contributed by atoms with van der Waals surface area (Å²) in [6, 6.07) is 0. The lowest BCUT2D eigenvalue weighted by Crippen LogP contribution is -2.40. The predicted octanol–water partition coefficient (Wildman–Crippen LogP) is 0.0105. The zero-order valence-corrected chi connectivity index (χ0v) is 7.79. The van der Waals surface area contributed by atoms with Crippen molar-refractivity contribution in [2.24, 2.45) is 0 Å². The van der Waals surface area contributed by atoms with Crippen LogP contribution in [0.15, 0.2) is 6.20 Å². The van der Waals surface area contributed by atoms with Gasteiger partial charge in [0.25, 0.3) is 5.91 Å². The van der Waals surface area contributed by atoms with Crippen LogP contribution < -0.4 is 0 Å². The van der Waals surface area contributed by atoms with Gasteiger partial charge in [0.1, 0.15) is 0 Å². The van der Waals surface area contributed by atoms with Crippen molar-refractivity contribution in [1.29, 1.82) is 0 Å². The van der Waals surface area contributed by atoms with Gasteiger partial charge in [-0.1, -0.05) is 0 Å². The first-order valence-electron chi connectivity index (χ1n) is 4.02. The van der Waals surface area contributed by atoms with Crippen molar-refractivity contribution in [1.82, 2.24) is 13.6 Å². The standard InChI is InChI=1S/C7H9N3O2S/c11-7(6-5-8-13-9-6)10-1-3-12-4-2-10/h5H,1-4H2. The summed E-state index contributed by atoms with van der Waals surface area (Å²) < 4.78 is 12.8. The molecule has 0 aliphatic carbocycles. The van der Waals surface area contributed by atoms with Gasteiger partial charge in [0.2, 0.25) is 0 Å². The fraction of sp³-hybridized carbons (Fsp3) is 0.571. The van der Waals surface area contributed by atoms with E-state index >= 15 is 0 Å². The van der Waals surface area contributed by atoms with Crippen molar-refractivity contribution < 1.29 is 9.53 Å². The SMILES string of the molecule is O=C(c1cnsn1)N1CCOCC1. The summed E-state index contributed by atoms with van der Waals surface area (Å²) in [5, 5.41) is 0. The number of carbonyl (C=O) groups excluding carboxylic acids is 1. The lowest BCUT2D eigenvalue weighted by molar-refractivity contribution is 0.0299. The largest absolute Gasteiger partial charge is 0.378 e. The number of amides is 1. The van der Waals surface area contributed by atoms with Crippen LogP contribution in [0.3, 0.4) is 0 Å². The Balaban J connectivity index is 2.04. The molecular weight excluding hydrogens is 190 g/mol. The molecule has 6 heteroatoms. The molecular formula is C7H9N3O2S. The van der Waals surface area contributed by atoms with E-state index in [1.165, 1.54) is 6.20 Å². The summed E-state index contributed by atoms with van der Waals surface area (Å²) in [7, 11) is 0. The fourth-order valence-corrected chi connectivity index (χ4v) is 1.59. The van der Waals surface area contributed by atoms with Crippen LogP contribution in [-0.2, 0) is 4.74 Å². The Morgan fingerprint density at radius 1 is 1.54 bits per heavy atom. The Morgan fingerprint density at radius 2 is 2.31 bits per heavy atom. The van der Waals surface area contributed by atoms with E-state index in [9.17, 15) is 4.79 Å². The molecule has 13 heavy (non-hydrogen) atoms. The molecule has 1 aromatic heterocycles. The molecule has 0 atom stereocenters. The Kier molecular flexibility index (Phi) is 2.51. The summed E-state index contributed by atoms with van der Waals surface area (Å²) in [6.45, 7) is 2.53. The third kappa shape index (κ3) is 1.84. The number of hydrogen-bond donors (Lipinski definition) is 0. The van der Waals surface area contributed by atoms with E-state index in [1.807, 2.05) is 0 Å². The Bertz CT molecular complexity index is 282. The smallest absolute Gasteiger partial charge is 0.275 e. The average Bonchev–Trinajstić information content (AvgIpc) is 2.71. The Morgan fingerprint density at radius 3 is 2.92 bits per heavy atom. The molecule has 0 bridgehead atoms. The van der Waals surface area contributed by atoms with Crippen molar-refractivity contribution in [3.05, 3.63) is 11.9 Å². The van der Waals surface area contributed by atoms with E-state index < -0.39 is 0 Å². The summed E-state index contributed by atoms with van der Waals surface area (Å²) in [6.07, 6.45) is 1.50. The minimum atomic E-state index is -0.0444. The first kappa shape index (κ1) is 8.58. The van der Waals surface area contributed by atoms with E-state index in [1.54, 1.807) is 4.90 Å². The van der Waals surface area contributed by atoms with Crippen molar-refractivity contribution in [2.45, 2.75) is 0 Å². The van der Waals surface area contributed by atoms with Crippen LogP contribution in [-0.4, -0.2) is 45.9 Å². The van der Waals surface area contributed by atoms with E-state index in [-0.39, 0.29) is 5.91 Å². The predicted molar refractivity (Wildman–Crippen MR) is 46.6 cm³/mol. The highest BCUT2D eigenvalue weighted by Gasteiger charge is 2.19. The molecule has 2 rings (SSSR count). The maximum absolute atomic E-state index is 11.6. The number of morpholine rings is 1. The number of carbonyl (C=O) groups is 1. The first-order chi connectivity index (χ1) is 6.38. The zero-order valence-electron chi connectivity index (χ0n) is 6.97. The maximum atomic E-state index is 11.6. The van der Waals surface area contributed by atoms with Crippen molar-refractivity contribution in [3.63, 3.8) is 0 Å². The molecule has 1 amide bonds. The highest BCUT2D eigenvalue weighted by Crippen LogP contribution is 2.04. The summed E-state index contributed by atoms with van der Waals surface area (Å²) in [4.78, 5) is 13.4. The zero-order chi connectivity index (χ0) is 9.10. The molecule has 0 spiro atoms. The van der Waals surface area contributed by atoms with E-state index in [2.05, 4.69) is 8.75 Å². The van der Waals surface area contributed by atoms with Crippen LogP contribution in [0.5, 0.6) is 0 Å². The molecule has 1 aliphatic rings. The third-order valence-electron chi connectivity index (χ3n) is 1.88. The molecule has 1 aromatic rings. The average molecular weight is 199 g/mol. The van der Waals surface area contributed by atoms with Crippen LogP contribution in [0.2, 0.25) is 0 Å². The second-order valence-corrected chi connectivity index (χ2v) is 3.25. The Labute approximate surface area is 79.6 Å². The summed E-state index contributed by atoms with van der Waals surface area (Å²) in [5.41, 5.74) is 0.437. The molecule has 2 heterocycles. The normalized spacial score (nSPS) is 17.4. The van der Waals surface area contributed by atoms with Gasteiger partial charge in [-0.25, -0.2) is 0 Å². The van der Waals surface area contributed by atoms with Crippen LogP contribution in [0, 0.1) is 0 Å². The highest BCUT2D eigenvalue weighted by atomic mass is 32.1. The lowest BCUT2D eigenvalue weighted by Gasteiger charge is -2.25. The van der Waals surface area contributed by atoms with E-state index in [0.717, 1.165) is 11.7 Å². The number of hydrogen-bond acceptors (Lipinski definition) is 5. The fourth-order valence-electron chi connectivity index (χ4n) is 1.19. The van der Waals surface area contributed by atoms with Gasteiger partial charge >= 0.3 is 0 Å². The molecule has 0 aromatic carbocycles. The quantitative estimate of drug-likeness (QED) is 0.639. The molecule has 0 radical (unpaired) electrons. The minimum Gasteiger partial charge on any atom is -0.378 e. The second kappa shape index (κ2) is 3.80. The topological polar surface area (TPSA) is 55.3 Å². The molecule has 0 unspecified atom stereocenters.